The van der Waals surface area contributed by atoms with E-state index >= 15 is 0 Å². The minimum absolute atomic E-state index is 0.721. The summed E-state index contributed by atoms with van der Waals surface area (Å²) in [5, 5.41) is 7.41. The maximum atomic E-state index is 3.71. The second-order valence-corrected chi connectivity index (χ2v) is 5.20. The van der Waals surface area contributed by atoms with Crippen molar-refractivity contribution in [1.82, 2.24) is 10.6 Å². The van der Waals surface area contributed by atoms with Gasteiger partial charge in [-0.15, -0.1) is 0 Å². The lowest BCUT2D eigenvalue weighted by atomic mass is 9.79. The number of rotatable bonds is 1. The topological polar surface area (TPSA) is 24.1 Å². The smallest absolute Gasteiger partial charge is 0.0249 e. The molecular weight excluding hydrogens is 172 g/mol. The zero-order valence-corrected chi connectivity index (χ0v) is 9.55. The Bertz CT molecular complexity index is 161. The highest BCUT2D eigenvalue weighted by molar-refractivity contribution is 4.93. The molecule has 0 radical (unpaired) electrons. The van der Waals surface area contributed by atoms with Crippen LogP contribution >= 0.6 is 0 Å². The van der Waals surface area contributed by atoms with Crippen molar-refractivity contribution in [2.75, 3.05) is 13.1 Å². The van der Waals surface area contributed by atoms with E-state index in [0.717, 1.165) is 23.9 Å². The van der Waals surface area contributed by atoms with Gasteiger partial charge in [0.1, 0.15) is 0 Å². The number of piperidine rings is 2. The molecule has 2 rings (SSSR count). The third kappa shape index (κ3) is 2.12. The molecule has 0 aliphatic carbocycles. The lowest BCUT2D eigenvalue weighted by molar-refractivity contribution is 0.172. The molecule has 2 fully saturated rings. The summed E-state index contributed by atoms with van der Waals surface area (Å²) in [6, 6.07) is 1.44. The van der Waals surface area contributed by atoms with Gasteiger partial charge in [-0.05, 0) is 50.6 Å². The van der Waals surface area contributed by atoms with Crippen molar-refractivity contribution in [1.29, 1.82) is 0 Å². The van der Waals surface area contributed by atoms with E-state index < -0.39 is 0 Å². The van der Waals surface area contributed by atoms with Gasteiger partial charge in [0, 0.05) is 12.1 Å². The average Bonchev–Trinajstić information content (AvgIpc) is 2.20. The van der Waals surface area contributed by atoms with Crippen LogP contribution < -0.4 is 10.6 Å². The Kier molecular flexibility index (Phi) is 3.45. The standard InChI is InChI=1S/C12H24N2/c1-9-5-3-7-13-11(9)12-10(2)6-4-8-14-12/h9-14H,3-8H2,1-2H3. The first kappa shape index (κ1) is 10.4. The Labute approximate surface area is 87.8 Å². The van der Waals surface area contributed by atoms with Gasteiger partial charge in [-0.25, -0.2) is 0 Å². The van der Waals surface area contributed by atoms with Gasteiger partial charge in [-0.3, -0.25) is 0 Å². The molecule has 0 spiro atoms. The van der Waals surface area contributed by atoms with Gasteiger partial charge >= 0.3 is 0 Å². The van der Waals surface area contributed by atoms with E-state index in [-0.39, 0.29) is 0 Å². The molecule has 2 nitrogen and oxygen atoms in total. The molecule has 0 aromatic carbocycles. The van der Waals surface area contributed by atoms with Gasteiger partial charge in [-0.1, -0.05) is 13.8 Å². The van der Waals surface area contributed by atoms with Gasteiger partial charge < -0.3 is 10.6 Å². The molecule has 2 saturated heterocycles. The average molecular weight is 196 g/mol. The summed E-state index contributed by atoms with van der Waals surface area (Å²) in [6.45, 7) is 7.25. The lowest BCUT2D eigenvalue weighted by Gasteiger charge is -2.42. The predicted molar refractivity (Wildman–Crippen MR) is 60.4 cm³/mol. The van der Waals surface area contributed by atoms with E-state index in [0.29, 0.717) is 0 Å². The Morgan fingerprint density at radius 2 is 1.21 bits per heavy atom. The Morgan fingerprint density at radius 1 is 0.786 bits per heavy atom. The number of nitrogens with one attached hydrogen (secondary N) is 2. The fourth-order valence-electron chi connectivity index (χ4n) is 3.11. The first-order chi connectivity index (χ1) is 6.79. The van der Waals surface area contributed by atoms with E-state index in [1.807, 2.05) is 0 Å². The molecule has 4 atom stereocenters. The quantitative estimate of drug-likeness (QED) is 0.668. The highest BCUT2D eigenvalue weighted by atomic mass is 15.0. The second kappa shape index (κ2) is 4.63. The molecule has 2 heterocycles. The van der Waals surface area contributed by atoms with Crippen molar-refractivity contribution in [3.8, 4) is 0 Å². The van der Waals surface area contributed by atoms with Gasteiger partial charge in [-0.2, -0.15) is 0 Å². The van der Waals surface area contributed by atoms with Crippen molar-refractivity contribution >= 4 is 0 Å². The van der Waals surface area contributed by atoms with Gasteiger partial charge in [0.05, 0.1) is 0 Å². The van der Waals surface area contributed by atoms with Gasteiger partial charge in [0.2, 0.25) is 0 Å². The first-order valence-electron chi connectivity index (χ1n) is 6.26. The molecule has 2 aliphatic heterocycles. The van der Waals surface area contributed by atoms with E-state index in [9.17, 15) is 0 Å². The van der Waals surface area contributed by atoms with Crippen molar-refractivity contribution in [3.05, 3.63) is 0 Å². The molecule has 82 valence electrons. The van der Waals surface area contributed by atoms with Crippen LogP contribution in [0.2, 0.25) is 0 Å². The van der Waals surface area contributed by atoms with Crippen molar-refractivity contribution in [2.24, 2.45) is 11.8 Å². The summed E-state index contributed by atoms with van der Waals surface area (Å²) in [7, 11) is 0. The van der Waals surface area contributed by atoms with E-state index in [1.165, 1.54) is 38.8 Å². The molecule has 0 amide bonds. The van der Waals surface area contributed by atoms with Crippen LogP contribution in [-0.2, 0) is 0 Å². The minimum atomic E-state index is 0.721. The van der Waals surface area contributed by atoms with E-state index in [2.05, 4.69) is 24.5 Å². The highest BCUT2D eigenvalue weighted by Gasteiger charge is 2.33. The molecule has 2 N–H and O–H groups in total. The molecule has 0 aromatic heterocycles. The lowest BCUT2D eigenvalue weighted by Crippen LogP contribution is -2.58. The number of hydrogen-bond donors (Lipinski definition) is 2. The van der Waals surface area contributed by atoms with Crippen LogP contribution in [0, 0.1) is 11.8 Å². The summed E-state index contributed by atoms with van der Waals surface area (Å²) in [5.74, 6) is 1.70. The van der Waals surface area contributed by atoms with Crippen molar-refractivity contribution in [2.45, 2.75) is 51.6 Å². The molecule has 14 heavy (non-hydrogen) atoms. The summed E-state index contributed by atoms with van der Waals surface area (Å²) in [6.07, 6.45) is 5.53. The van der Waals surface area contributed by atoms with Crippen molar-refractivity contribution < 1.29 is 0 Å². The Morgan fingerprint density at radius 3 is 1.57 bits per heavy atom. The SMILES string of the molecule is CC1CCCNC1C1NCCCC1C. The fourth-order valence-corrected chi connectivity index (χ4v) is 3.11. The molecule has 0 aromatic rings. The van der Waals surface area contributed by atoms with Crippen LogP contribution in [-0.4, -0.2) is 25.2 Å². The zero-order valence-electron chi connectivity index (χ0n) is 9.55. The van der Waals surface area contributed by atoms with Crippen LogP contribution in [0.5, 0.6) is 0 Å². The molecule has 4 unspecified atom stereocenters. The first-order valence-corrected chi connectivity index (χ1v) is 6.26. The molecule has 0 saturated carbocycles. The number of hydrogen-bond acceptors (Lipinski definition) is 2. The summed E-state index contributed by atoms with van der Waals surface area (Å²) >= 11 is 0. The predicted octanol–water partition coefficient (Wildman–Crippen LogP) is 1.76. The third-order valence-corrected chi connectivity index (χ3v) is 4.05. The van der Waals surface area contributed by atoms with Gasteiger partial charge in [0.25, 0.3) is 0 Å². The molecular formula is C12H24N2. The largest absolute Gasteiger partial charge is 0.312 e. The fraction of sp³-hybridized carbons (Fsp3) is 1.00. The monoisotopic (exact) mass is 196 g/mol. The maximum absolute atomic E-state index is 3.71. The van der Waals surface area contributed by atoms with Crippen LogP contribution in [0.25, 0.3) is 0 Å². The summed E-state index contributed by atoms with van der Waals surface area (Å²) in [4.78, 5) is 0. The van der Waals surface area contributed by atoms with Crippen LogP contribution in [0.3, 0.4) is 0 Å². The Hall–Kier alpha value is -0.0800. The second-order valence-electron chi connectivity index (χ2n) is 5.20. The third-order valence-electron chi connectivity index (χ3n) is 4.05. The van der Waals surface area contributed by atoms with Crippen LogP contribution in [0.4, 0.5) is 0 Å². The van der Waals surface area contributed by atoms with E-state index in [4.69, 9.17) is 0 Å². The molecule has 2 aliphatic rings. The summed E-state index contributed by atoms with van der Waals surface area (Å²) in [5.41, 5.74) is 0. The minimum Gasteiger partial charge on any atom is -0.312 e. The normalized spacial score (nSPS) is 45.0. The maximum Gasteiger partial charge on any atom is 0.0249 e. The zero-order chi connectivity index (χ0) is 9.97. The summed E-state index contributed by atoms with van der Waals surface area (Å²) < 4.78 is 0. The van der Waals surface area contributed by atoms with Crippen LogP contribution in [0.1, 0.15) is 39.5 Å². The van der Waals surface area contributed by atoms with Gasteiger partial charge in [0.15, 0.2) is 0 Å². The Balaban J connectivity index is 1.96. The highest BCUT2D eigenvalue weighted by Crippen LogP contribution is 2.25. The van der Waals surface area contributed by atoms with Crippen molar-refractivity contribution in [3.63, 3.8) is 0 Å². The molecule has 2 heteroatoms. The van der Waals surface area contributed by atoms with E-state index in [1.54, 1.807) is 0 Å². The van der Waals surface area contributed by atoms with Crippen LogP contribution in [0.15, 0.2) is 0 Å². The molecule has 0 bridgehead atoms.